The summed E-state index contributed by atoms with van der Waals surface area (Å²) in [7, 11) is 0. The number of ether oxygens (including phenoxy) is 1. The summed E-state index contributed by atoms with van der Waals surface area (Å²) < 4.78 is 5.06. The van der Waals surface area contributed by atoms with Crippen LogP contribution < -0.4 is 4.90 Å². The molecule has 2 amide bonds. The minimum atomic E-state index is -0.868. The van der Waals surface area contributed by atoms with Crippen LogP contribution in [-0.2, 0) is 4.74 Å². The van der Waals surface area contributed by atoms with E-state index in [2.05, 4.69) is 0 Å². The van der Waals surface area contributed by atoms with E-state index in [9.17, 15) is 29.3 Å². The van der Waals surface area contributed by atoms with Gasteiger partial charge in [0, 0.05) is 17.2 Å². The largest absolute Gasteiger partial charge is 0.454 e. The number of hydrogen-bond donors (Lipinski definition) is 0. The van der Waals surface area contributed by atoms with E-state index in [1.807, 2.05) is 0 Å². The van der Waals surface area contributed by atoms with Crippen LogP contribution in [0.1, 0.15) is 52.6 Å². The Kier molecular flexibility index (Phi) is 5.77. The number of amides is 2. The van der Waals surface area contributed by atoms with Gasteiger partial charge in [-0.25, -0.2) is 9.69 Å². The van der Waals surface area contributed by atoms with Crippen molar-refractivity contribution in [2.75, 3.05) is 11.5 Å². The summed E-state index contributed by atoms with van der Waals surface area (Å²) >= 11 is 0. The van der Waals surface area contributed by atoms with Gasteiger partial charge in [-0.05, 0) is 43.7 Å². The van der Waals surface area contributed by atoms with Gasteiger partial charge in [-0.3, -0.25) is 24.5 Å². The zero-order chi connectivity index (χ0) is 24.6. The Labute approximate surface area is 193 Å². The summed E-state index contributed by atoms with van der Waals surface area (Å²) in [6.07, 6.45) is 0. The summed E-state index contributed by atoms with van der Waals surface area (Å²) in [6.45, 7) is 2.69. The number of carbonyl (C=O) groups excluding carboxylic acids is 4. The lowest BCUT2D eigenvalue weighted by molar-refractivity contribution is -0.385. The minimum Gasteiger partial charge on any atom is -0.454 e. The third-order valence-electron chi connectivity index (χ3n) is 5.54. The Hall–Kier alpha value is -4.66. The van der Waals surface area contributed by atoms with E-state index in [-0.39, 0.29) is 27.9 Å². The van der Waals surface area contributed by atoms with Crippen LogP contribution in [0.2, 0.25) is 0 Å². The molecule has 0 spiro atoms. The van der Waals surface area contributed by atoms with Crippen molar-refractivity contribution in [1.29, 1.82) is 0 Å². The normalized spacial score (nSPS) is 12.5. The van der Waals surface area contributed by atoms with Crippen LogP contribution in [0.25, 0.3) is 0 Å². The Morgan fingerprint density at radius 1 is 0.882 bits per heavy atom. The van der Waals surface area contributed by atoms with Crippen molar-refractivity contribution < 1.29 is 28.8 Å². The van der Waals surface area contributed by atoms with Crippen LogP contribution in [0.4, 0.5) is 11.4 Å². The molecule has 1 aliphatic heterocycles. The van der Waals surface area contributed by atoms with Gasteiger partial charge in [-0.1, -0.05) is 30.3 Å². The molecule has 0 unspecified atom stereocenters. The molecule has 4 rings (SSSR count). The first-order valence-corrected chi connectivity index (χ1v) is 10.2. The first-order chi connectivity index (χ1) is 16.2. The first kappa shape index (κ1) is 22.5. The molecule has 3 aromatic carbocycles. The first-order valence-electron chi connectivity index (χ1n) is 10.2. The predicted molar refractivity (Wildman–Crippen MR) is 121 cm³/mol. The number of nitrogens with zero attached hydrogens (tertiary/aromatic N) is 2. The molecular weight excluding hydrogens is 440 g/mol. The maximum atomic E-state index is 12.9. The Morgan fingerprint density at radius 3 is 2.26 bits per heavy atom. The van der Waals surface area contributed by atoms with Gasteiger partial charge >= 0.3 is 5.97 Å². The number of anilines is 1. The molecule has 9 nitrogen and oxygen atoms in total. The number of nitro groups is 1. The third-order valence-corrected chi connectivity index (χ3v) is 5.54. The number of Topliss-reactive ketones (excluding diaryl/α,β-unsaturated/α-hetero) is 1. The van der Waals surface area contributed by atoms with E-state index >= 15 is 0 Å². The zero-order valence-corrected chi connectivity index (χ0v) is 18.2. The van der Waals surface area contributed by atoms with Gasteiger partial charge in [-0.15, -0.1) is 0 Å². The molecule has 170 valence electrons. The van der Waals surface area contributed by atoms with Crippen molar-refractivity contribution >= 4 is 34.9 Å². The van der Waals surface area contributed by atoms with Crippen molar-refractivity contribution in [2.24, 2.45) is 0 Å². The van der Waals surface area contributed by atoms with Gasteiger partial charge in [-0.2, -0.15) is 0 Å². The average molecular weight is 458 g/mol. The van der Waals surface area contributed by atoms with E-state index in [1.165, 1.54) is 30.3 Å². The lowest BCUT2D eigenvalue weighted by Crippen LogP contribution is -2.29. The maximum Gasteiger partial charge on any atom is 0.338 e. The van der Waals surface area contributed by atoms with E-state index in [0.29, 0.717) is 11.3 Å². The number of esters is 1. The Balaban J connectivity index is 1.51. The van der Waals surface area contributed by atoms with Crippen LogP contribution in [0.5, 0.6) is 0 Å². The van der Waals surface area contributed by atoms with E-state index in [1.54, 1.807) is 38.1 Å². The highest BCUT2D eigenvalue weighted by atomic mass is 16.6. The number of hydrogen-bond acceptors (Lipinski definition) is 7. The molecule has 0 atom stereocenters. The summed E-state index contributed by atoms with van der Waals surface area (Å²) in [6, 6.07) is 14.9. The molecule has 0 aromatic heterocycles. The number of nitro benzene ring substituents is 1. The second-order valence-electron chi connectivity index (χ2n) is 7.75. The second kappa shape index (κ2) is 8.70. The lowest BCUT2D eigenvalue weighted by Gasteiger charge is -2.16. The molecule has 0 fully saturated rings. The molecule has 0 N–H and O–H groups in total. The van der Waals surface area contributed by atoms with E-state index in [0.717, 1.165) is 16.5 Å². The summed E-state index contributed by atoms with van der Waals surface area (Å²) in [5, 5.41) is 11.1. The molecule has 0 saturated carbocycles. The number of benzene rings is 3. The third kappa shape index (κ3) is 3.95. The molecule has 0 bridgehead atoms. The molecule has 0 saturated heterocycles. The topological polar surface area (TPSA) is 124 Å². The fourth-order valence-electron chi connectivity index (χ4n) is 3.68. The lowest BCUT2D eigenvalue weighted by atomic mass is 10.1. The van der Waals surface area contributed by atoms with Crippen molar-refractivity contribution in [1.82, 2.24) is 0 Å². The van der Waals surface area contributed by atoms with Crippen molar-refractivity contribution in [3.05, 3.63) is 104 Å². The fraction of sp³-hybridized carbons (Fsp3) is 0.120. The van der Waals surface area contributed by atoms with Gasteiger partial charge < -0.3 is 4.74 Å². The maximum absolute atomic E-state index is 12.9. The standard InChI is InChI=1S/C25H18N2O7/c1-14-5-3-4-6-20(14)26-23(29)18-10-9-17(11-19(18)24(26)30)25(31)34-13-22(28)16-8-7-15(2)21(12-16)27(32)33/h3-12H,13H2,1-2H3. The fourth-order valence-corrected chi connectivity index (χ4v) is 3.68. The Morgan fingerprint density at radius 2 is 1.56 bits per heavy atom. The van der Waals surface area contributed by atoms with Gasteiger partial charge in [0.2, 0.25) is 5.78 Å². The van der Waals surface area contributed by atoms with Crippen LogP contribution >= 0.6 is 0 Å². The molecule has 3 aromatic rings. The van der Waals surface area contributed by atoms with Crippen LogP contribution in [-0.4, -0.2) is 35.1 Å². The molecular formula is C25H18N2O7. The number of para-hydroxylation sites is 1. The van der Waals surface area contributed by atoms with Crippen LogP contribution in [0.3, 0.4) is 0 Å². The summed E-state index contributed by atoms with van der Waals surface area (Å²) in [4.78, 5) is 62.2. The van der Waals surface area contributed by atoms with Gasteiger partial charge in [0.1, 0.15) is 0 Å². The quantitative estimate of drug-likeness (QED) is 0.179. The highest BCUT2D eigenvalue weighted by Crippen LogP contribution is 2.31. The van der Waals surface area contributed by atoms with E-state index in [4.69, 9.17) is 4.74 Å². The molecule has 0 radical (unpaired) electrons. The van der Waals surface area contributed by atoms with Gasteiger partial charge in [0.05, 0.1) is 27.3 Å². The highest BCUT2D eigenvalue weighted by molar-refractivity contribution is 6.35. The number of rotatable bonds is 6. The second-order valence-corrected chi connectivity index (χ2v) is 7.75. The van der Waals surface area contributed by atoms with Gasteiger partial charge in [0.15, 0.2) is 6.61 Å². The van der Waals surface area contributed by atoms with Crippen LogP contribution in [0.15, 0.2) is 60.7 Å². The highest BCUT2D eigenvalue weighted by Gasteiger charge is 2.37. The van der Waals surface area contributed by atoms with E-state index < -0.39 is 35.1 Å². The minimum absolute atomic E-state index is 0.00535. The molecule has 34 heavy (non-hydrogen) atoms. The monoisotopic (exact) mass is 458 g/mol. The molecule has 0 aliphatic carbocycles. The van der Waals surface area contributed by atoms with Crippen LogP contribution in [0, 0.1) is 24.0 Å². The number of imide groups is 1. The number of carbonyl (C=O) groups is 4. The summed E-state index contributed by atoms with van der Waals surface area (Å²) in [5.74, 6) is -2.54. The molecule has 1 heterocycles. The molecule has 1 aliphatic rings. The SMILES string of the molecule is Cc1ccccc1N1C(=O)c2ccc(C(=O)OCC(=O)c3ccc(C)c([N+](=O)[O-])c3)cc2C1=O. The Bertz CT molecular complexity index is 1390. The molecule has 9 heteroatoms. The average Bonchev–Trinajstić information content (AvgIpc) is 3.07. The number of fused-ring (bicyclic) bond motifs is 1. The van der Waals surface area contributed by atoms with Crippen molar-refractivity contribution in [3.63, 3.8) is 0 Å². The number of aryl methyl sites for hydroxylation is 2. The summed E-state index contributed by atoms with van der Waals surface area (Å²) in [5.41, 5.74) is 1.63. The van der Waals surface area contributed by atoms with Crippen molar-refractivity contribution in [2.45, 2.75) is 13.8 Å². The smallest absolute Gasteiger partial charge is 0.338 e. The zero-order valence-electron chi connectivity index (χ0n) is 18.2. The van der Waals surface area contributed by atoms with Crippen molar-refractivity contribution in [3.8, 4) is 0 Å². The van der Waals surface area contributed by atoms with Gasteiger partial charge in [0.25, 0.3) is 17.5 Å². The predicted octanol–water partition coefficient (Wildman–Crippen LogP) is 4.05. The number of ketones is 1.